The number of benzene rings is 2. The molecule has 7 heteroatoms. The third kappa shape index (κ3) is 4.63. The van der Waals surface area contributed by atoms with Crippen LogP contribution in [0.3, 0.4) is 0 Å². The zero-order chi connectivity index (χ0) is 21.9. The molecule has 6 nitrogen and oxygen atoms in total. The number of ether oxygens (including phenoxy) is 2. The minimum absolute atomic E-state index is 0.0238. The van der Waals surface area contributed by atoms with Gasteiger partial charge in [-0.05, 0) is 61.8 Å². The van der Waals surface area contributed by atoms with Crippen molar-refractivity contribution < 1.29 is 9.47 Å². The highest BCUT2D eigenvalue weighted by molar-refractivity contribution is 6.35. The molecule has 168 valence electrons. The Bertz CT molecular complexity index is 1150. The molecule has 0 bridgehead atoms. The van der Waals surface area contributed by atoms with Crippen LogP contribution in [0.2, 0.25) is 5.02 Å². The molecule has 3 heterocycles. The van der Waals surface area contributed by atoms with Crippen molar-refractivity contribution in [1.82, 2.24) is 14.8 Å². The maximum atomic E-state index is 12.5. The maximum Gasteiger partial charge on any atom is 0.251 e. The molecule has 2 aromatic carbocycles. The lowest BCUT2D eigenvalue weighted by Gasteiger charge is -2.32. The third-order valence-electron chi connectivity index (χ3n) is 6.41. The zero-order valence-corrected chi connectivity index (χ0v) is 18.8. The topological polar surface area (TPSA) is 55.7 Å². The lowest BCUT2D eigenvalue weighted by atomic mass is 10.0. The summed E-state index contributed by atoms with van der Waals surface area (Å²) in [6.45, 7) is 5.64. The molecule has 5 rings (SSSR count). The monoisotopic (exact) mass is 453 g/mol. The van der Waals surface area contributed by atoms with Crippen molar-refractivity contribution in [3.05, 3.63) is 69.5 Å². The highest BCUT2D eigenvalue weighted by atomic mass is 35.5. The normalized spacial score (nSPS) is 17.0. The molecule has 1 fully saturated rings. The van der Waals surface area contributed by atoms with Crippen LogP contribution in [-0.2, 0) is 13.1 Å². The lowest BCUT2D eigenvalue weighted by molar-refractivity contribution is 0.171. The number of rotatable bonds is 6. The quantitative estimate of drug-likeness (QED) is 0.617. The Morgan fingerprint density at radius 1 is 0.969 bits per heavy atom. The first-order chi connectivity index (χ1) is 15.7. The number of piperidine rings is 1. The maximum absolute atomic E-state index is 12.5. The molecule has 0 saturated carbocycles. The SMILES string of the molecule is O=c1ccc2c(Cl)cccc2n1CCN1CCC(NCc2ccc3c(c2)OCCO3)CC1. The second-order valence-corrected chi connectivity index (χ2v) is 8.88. The summed E-state index contributed by atoms with van der Waals surface area (Å²) in [6.07, 6.45) is 2.20. The van der Waals surface area contributed by atoms with Gasteiger partial charge in [0.05, 0.1) is 5.52 Å². The number of nitrogens with one attached hydrogen (secondary N) is 1. The summed E-state index contributed by atoms with van der Waals surface area (Å²) in [5.74, 6) is 1.68. The molecule has 0 atom stereocenters. The second kappa shape index (κ2) is 9.53. The van der Waals surface area contributed by atoms with Gasteiger partial charge in [0.1, 0.15) is 13.2 Å². The van der Waals surface area contributed by atoms with Gasteiger partial charge in [0, 0.05) is 42.2 Å². The van der Waals surface area contributed by atoms with E-state index in [0.29, 0.717) is 30.8 Å². The summed E-state index contributed by atoms with van der Waals surface area (Å²) in [4.78, 5) is 14.9. The Hall–Kier alpha value is -2.54. The molecule has 0 aliphatic carbocycles. The molecule has 0 unspecified atom stereocenters. The van der Waals surface area contributed by atoms with Crippen LogP contribution in [0.4, 0.5) is 0 Å². The number of hydrogen-bond donors (Lipinski definition) is 1. The summed E-state index contributed by atoms with van der Waals surface area (Å²) < 4.78 is 13.1. The van der Waals surface area contributed by atoms with Crippen LogP contribution in [-0.4, -0.2) is 48.4 Å². The molecular weight excluding hydrogens is 426 g/mol. The van der Waals surface area contributed by atoms with Crippen LogP contribution < -0.4 is 20.3 Å². The van der Waals surface area contributed by atoms with Crippen molar-refractivity contribution in [3.8, 4) is 11.5 Å². The fourth-order valence-corrected chi connectivity index (χ4v) is 4.81. The van der Waals surface area contributed by atoms with E-state index in [2.05, 4.69) is 22.3 Å². The van der Waals surface area contributed by atoms with Gasteiger partial charge in [0.25, 0.3) is 5.56 Å². The molecule has 32 heavy (non-hydrogen) atoms. The standard InChI is InChI=1S/C25H28ClN3O3/c26-21-2-1-3-22-20(21)5-7-25(30)29(22)13-12-28-10-8-19(9-11-28)27-17-18-4-6-23-24(16-18)32-15-14-31-23/h1-7,16,19,27H,8-15,17H2. The number of fused-ring (bicyclic) bond motifs is 2. The van der Waals surface area contributed by atoms with Gasteiger partial charge in [-0.15, -0.1) is 0 Å². The van der Waals surface area contributed by atoms with Crippen molar-refractivity contribution in [2.24, 2.45) is 0 Å². The largest absolute Gasteiger partial charge is 0.486 e. The first-order valence-electron chi connectivity index (χ1n) is 11.3. The first-order valence-corrected chi connectivity index (χ1v) is 11.7. The van der Waals surface area contributed by atoms with Gasteiger partial charge < -0.3 is 24.3 Å². The average molecular weight is 454 g/mol. The fraction of sp³-hybridized carbons (Fsp3) is 0.400. The number of halogens is 1. The zero-order valence-electron chi connectivity index (χ0n) is 18.1. The summed E-state index contributed by atoms with van der Waals surface area (Å²) in [5, 5.41) is 5.29. The fourth-order valence-electron chi connectivity index (χ4n) is 4.58. The predicted molar refractivity (Wildman–Crippen MR) is 127 cm³/mol. The first kappa shape index (κ1) is 21.3. The molecule has 2 aliphatic heterocycles. The van der Waals surface area contributed by atoms with Crippen molar-refractivity contribution in [1.29, 1.82) is 0 Å². The number of pyridine rings is 1. The summed E-state index contributed by atoms with van der Waals surface area (Å²) in [6, 6.07) is 15.8. The van der Waals surface area contributed by atoms with E-state index in [9.17, 15) is 4.79 Å². The van der Waals surface area contributed by atoms with Crippen molar-refractivity contribution >= 4 is 22.5 Å². The molecule has 1 aromatic heterocycles. The van der Waals surface area contributed by atoms with Crippen LogP contribution in [0.1, 0.15) is 18.4 Å². The van der Waals surface area contributed by atoms with Crippen LogP contribution in [0.5, 0.6) is 11.5 Å². The summed E-state index contributed by atoms with van der Waals surface area (Å²) in [7, 11) is 0. The van der Waals surface area contributed by atoms with Gasteiger partial charge in [0.15, 0.2) is 11.5 Å². The van der Waals surface area contributed by atoms with E-state index in [-0.39, 0.29) is 5.56 Å². The van der Waals surface area contributed by atoms with E-state index < -0.39 is 0 Å². The van der Waals surface area contributed by atoms with Crippen LogP contribution >= 0.6 is 11.6 Å². The molecule has 2 aliphatic rings. The van der Waals surface area contributed by atoms with Gasteiger partial charge in [-0.1, -0.05) is 23.7 Å². The Kier molecular flexibility index (Phi) is 6.35. The second-order valence-electron chi connectivity index (χ2n) is 8.47. The Morgan fingerprint density at radius 3 is 2.62 bits per heavy atom. The van der Waals surface area contributed by atoms with Crippen LogP contribution in [0.25, 0.3) is 10.9 Å². The molecule has 3 aromatic rings. The number of aromatic nitrogens is 1. The van der Waals surface area contributed by atoms with Crippen molar-refractivity contribution in [3.63, 3.8) is 0 Å². The van der Waals surface area contributed by atoms with Gasteiger partial charge in [0.2, 0.25) is 0 Å². The lowest BCUT2D eigenvalue weighted by Crippen LogP contribution is -2.43. The van der Waals surface area contributed by atoms with Crippen LogP contribution in [0, 0.1) is 0 Å². The van der Waals surface area contributed by atoms with E-state index in [1.165, 1.54) is 5.56 Å². The summed E-state index contributed by atoms with van der Waals surface area (Å²) >= 11 is 6.31. The van der Waals surface area contributed by atoms with E-state index in [1.54, 1.807) is 6.07 Å². The van der Waals surface area contributed by atoms with Crippen molar-refractivity contribution in [2.75, 3.05) is 32.8 Å². The molecule has 1 N–H and O–H groups in total. The van der Waals surface area contributed by atoms with E-state index in [4.69, 9.17) is 21.1 Å². The van der Waals surface area contributed by atoms with Gasteiger partial charge in [-0.3, -0.25) is 4.79 Å². The molecule has 0 amide bonds. The summed E-state index contributed by atoms with van der Waals surface area (Å²) in [5.41, 5.74) is 2.14. The van der Waals surface area contributed by atoms with E-state index >= 15 is 0 Å². The number of likely N-dealkylation sites (tertiary alicyclic amines) is 1. The minimum atomic E-state index is 0.0238. The van der Waals surface area contributed by atoms with Gasteiger partial charge in [-0.2, -0.15) is 0 Å². The predicted octanol–water partition coefficient (Wildman–Crippen LogP) is 3.68. The molecule has 0 radical (unpaired) electrons. The molecule has 1 saturated heterocycles. The Morgan fingerprint density at radius 2 is 1.78 bits per heavy atom. The average Bonchev–Trinajstić information content (AvgIpc) is 2.83. The van der Waals surface area contributed by atoms with Gasteiger partial charge in [-0.25, -0.2) is 0 Å². The Labute approximate surface area is 192 Å². The number of hydrogen-bond acceptors (Lipinski definition) is 5. The minimum Gasteiger partial charge on any atom is -0.486 e. The van der Waals surface area contributed by atoms with Crippen LogP contribution in [0.15, 0.2) is 53.3 Å². The third-order valence-corrected chi connectivity index (χ3v) is 6.74. The highest BCUT2D eigenvalue weighted by Gasteiger charge is 2.19. The molecule has 0 spiro atoms. The highest BCUT2D eigenvalue weighted by Crippen LogP contribution is 2.30. The smallest absolute Gasteiger partial charge is 0.251 e. The van der Waals surface area contributed by atoms with Crippen molar-refractivity contribution in [2.45, 2.75) is 32.0 Å². The van der Waals surface area contributed by atoms with Gasteiger partial charge >= 0.3 is 0 Å². The Balaban J connectivity index is 1.13. The molecular formula is C25H28ClN3O3. The van der Waals surface area contributed by atoms with E-state index in [0.717, 1.165) is 61.4 Å². The number of nitrogens with zero attached hydrogens (tertiary/aromatic N) is 2. The van der Waals surface area contributed by atoms with E-state index in [1.807, 2.05) is 34.9 Å².